The third kappa shape index (κ3) is 4.49. The minimum absolute atomic E-state index is 0.0327. The number of benzene rings is 2. The molecule has 0 aliphatic carbocycles. The van der Waals surface area contributed by atoms with Gasteiger partial charge < -0.3 is 9.73 Å². The van der Waals surface area contributed by atoms with E-state index in [1.165, 1.54) is 30.5 Å². The van der Waals surface area contributed by atoms with E-state index >= 15 is 0 Å². The highest BCUT2D eigenvalue weighted by Gasteiger charge is 2.15. The van der Waals surface area contributed by atoms with Crippen LogP contribution in [0.1, 0.15) is 10.4 Å². The van der Waals surface area contributed by atoms with Crippen LogP contribution in [0.3, 0.4) is 0 Å². The highest BCUT2D eigenvalue weighted by atomic mass is 32.1. The van der Waals surface area contributed by atoms with Gasteiger partial charge in [-0.25, -0.2) is 4.98 Å². The number of carbonyl (C=O) groups excluding carboxylic acids is 1. The molecule has 0 saturated carbocycles. The Labute approximate surface area is 181 Å². The third-order valence-corrected chi connectivity index (χ3v) is 4.56. The molecule has 0 bridgehead atoms. The van der Waals surface area contributed by atoms with Gasteiger partial charge in [-0.2, -0.15) is 0 Å². The number of para-hydroxylation sites is 1. The smallest absolute Gasteiger partial charge is 0.270 e. The number of non-ortho nitro benzene ring substituents is 1. The molecule has 0 aliphatic rings. The molecule has 0 aliphatic heterocycles. The number of hydrogen-bond donors (Lipinski definition) is 3. The maximum absolute atomic E-state index is 12.9. The first-order valence-corrected chi connectivity index (χ1v) is 9.47. The molecule has 4 rings (SSSR count). The molecule has 0 radical (unpaired) electrons. The van der Waals surface area contributed by atoms with Crippen LogP contribution in [0, 0.1) is 10.1 Å². The average molecular weight is 433 g/mol. The molecule has 4 aromatic rings. The van der Waals surface area contributed by atoms with Crippen molar-refractivity contribution in [1.29, 1.82) is 0 Å². The van der Waals surface area contributed by atoms with E-state index in [0.717, 1.165) is 0 Å². The number of nitro groups is 1. The van der Waals surface area contributed by atoms with Crippen molar-refractivity contribution in [3.8, 4) is 11.5 Å². The van der Waals surface area contributed by atoms with Gasteiger partial charge in [-0.05, 0) is 48.6 Å². The number of anilines is 1. The van der Waals surface area contributed by atoms with Crippen molar-refractivity contribution in [2.24, 2.45) is 0 Å². The SMILES string of the molecule is O=C(NNC(=S)Nc1ccc([N+](=O)[O-])cc1)c1cc(-c2ccco2)nc2ccccc12. The molecule has 0 atom stereocenters. The van der Waals surface area contributed by atoms with E-state index in [0.29, 0.717) is 33.6 Å². The lowest BCUT2D eigenvalue weighted by atomic mass is 10.1. The summed E-state index contributed by atoms with van der Waals surface area (Å²) < 4.78 is 5.41. The predicted octanol–water partition coefficient (Wildman–Crippen LogP) is 4.03. The van der Waals surface area contributed by atoms with E-state index in [9.17, 15) is 14.9 Å². The summed E-state index contributed by atoms with van der Waals surface area (Å²) in [6.45, 7) is 0. The molecule has 31 heavy (non-hydrogen) atoms. The van der Waals surface area contributed by atoms with Gasteiger partial charge >= 0.3 is 0 Å². The summed E-state index contributed by atoms with van der Waals surface area (Å²) in [5, 5.41) is 14.4. The first-order valence-electron chi connectivity index (χ1n) is 9.07. The number of amides is 1. The number of rotatable bonds is 4. The average Bonchev–Trinajstić information content (AvgIpc) is 3.32. The summed E-state index contributed by atoms with van der Waals surface area (Å²) >= 11 is 5.18. The lowest BCUT2D eigenvalue weighted by Crippen LogP contribution is -2.43. The summed E-state index contributed by atoms with van der Waals surface area (Å²) in [4.78, 5) is 27.7. The number of fused-ring (bicyclic) bond motifs is 1. The Balaban J connectivity index is 1.49. The monoisotopic (exact) mass is 433 g/mol. The maximum atomic E-state index is 12.9. The van der Waals surface area contributed by atoms with E-state index < -0.39 is 10.8 Å². The highest BCUT2D eigenvalue weighted by Crippen LogP contribution is 2.25. The van der Waals surface area contributed by atoms with Gasteiger partial charge in [0.05, 0.1) is 22.3 Å². The fourth-order valence-corrected chi connectivity index (χ4v) is 3.09. The van der Waals surface area contributed by atoms with Crippen LogP contribution >= 0.6 is 12.2 Å². The molecule has 2 heterocycles. The minimum atomic E-state index is -0.489. The van der Waals surface area contributed by atoms with E-state index in [2.05, 4.69) is 21.2 Å². The Morgan fingerprint density at radius 2 is 1.81 bits per heavy atom. The van der Waals surface area contributed by atoms with Gasteiger partial charge in [0, 0.05) is 23.2 Å². The van der Waals surface area contributed by atoms with Crippen molar-refractivity contribution < 1.29 is 14.1 Å². The Morgan fingerprint density at radius 1 is 1.03 bits per heavy atom. The lowest BCUT2D eigenvalue weighted by molar-refractivity contribution is -0.384. The second kappa shape index (κ2) is 8.59. The quantitative estimate of drug-likeness (QED) is 0.250. The van der Waals surface area contributed by atoms with Crippen LogP contribution in [-0.4, -0.2) is 20.9 Å². The standard InChI is InChI=1S/C21H15N5O4S/c27-20(24-25-21(31)22-13-7-9-14(10-8-13)26(28)29)16-12-18(19-6-3-11-30-19)23-17-5-2-1-4-15(16)17/h1-12H,(H,24,27)(H2,22,25,31). The molecule has 3 N–H and O–H groups in total. The first-order chi connectivity index (χ1) is 15.0. The van der Waals surface area contributed by atoms with Gasteiger partial charge in [-0.1, -0.05) is 18.2 Å². The van der Waals surface area contributed by atoms with Crippen LogP contribution in [0.5, 0.6) is 0 Å². The number of hydrogen-bond acceptors (Lipinski definition) is 6. The molecule has 0 saturated heterocycles. The topological polar surface area (TPSA) is 122 Å². The van der Waals surface area contributed by atoms with Crippen LogP contribution in [0.25, 0.3) is 22.4 Å². The number of nitrogens with one attached hydrogen (secondary N) is 3. The molecule has 0 spiro atoms. The van der Waals surface area contributed by atoms with Crippen molar-refractivity contribution in [1.82, 2.24) is 15.8 Å². The molecule has 2 aromatic carbocycles. The largest absolute Gasteiger partial charge is 0.463 e. The number of carbonyl (C=O) groups is 1. The van der Waals surface area contributed by atoms with Crippen LogP contribution in [0.2, 0.25) is 0 Å². The lowest BCUT2D eigenvalue weighted by Gasteiger charge is -2.13. The fourth-order valence-electron chi connectivity index (χ4n) is 2.92. The first kappa shape index (κ1) is 20.0. The van der Waals surface area contributed by atoms with E-state index in [4.69, 9.17) is 16.6 Å². The number of nitro benzene ring substituents is 1. The summed E-state index contributed by atoms with van der Waals surface area (Å²) in [6.07, 6.45) is 1.54. The Kier molecular flexibility index (Phi) is 5.54. The zero-order chi connectivity index (χ0) is 21.8. The van der Waals surface area contributed by atoms with E-state index in [-0.39, 0.29) is 10.8 Å². The van der Waals surface area contributed by atoms with Gasteiger partial charge in [0.15, 0.2) is 10.9 Å². The normalized spacial score (nSPS) is 10.5. The van der Waals surface area contributed by atoms with Crippen molar-refractivity contribution in [2.75, 3.05) is 5.32 Å². The number of pyridine rings is 1. The second-order valence-electron chi connectivity index (χ2n) is 6.39. The van der Waals surface area contributed by atoms with Gasteiger partial charge in [-0.3, -0.25) is 25.8 Å². The third-order valence-electron chi connectivity index (χ3n) is 4.36. The van der Waals surface area contributed by atoms with Crippen molar-refractivity contribution in [3.63, 3.8) is 0 Å². The molecule has 0 unspecified atom stereocenters. The number of furan rings is 1. The Bertz CT molecular complexity index is 1270. The van der Waals surface area contributed by atoms with Crippen molar-refractivity contribution in [3.05, 3.63) is 88.7 Å². The Hall–Kier alpha value is -4.31. The van der Waals surface area contributed by atoms with Crippen LogP contribution in [0.15, 0.2) is 77.4 Å². The van der Waals surface area contributed by atoms with E-state index in [1.54, 1.807) is 24.3 Å². The molecular weight excluding hydrogens is 418 g/mol. The molecule has 9 nitrogen and oxygen atoms in total. The van der Waals surface area contributed by atoms with E-state index in [1.807, 2.05) is 18.2 Å². The summed E-state index contributed by atoms with van der Waals surface area (Å²) in [5.41, 5.74) is 7.25. The van der Waals surface area contributed by atoms with Crippen molar-refractivity contribution >= 4 is 45.5 Å². The van der Waals surface area contributed by atoms with Crippen LogP contribution < -0.4 is 16.2 Å². The molecule has 0 fully saturated rings. The molecule has 154 valence electrons. The van der Waals surface area contributed by atoms with Gasteiger partial charge in [-0.15, -0.1) is 0 Å². The van der Waals surface area contributed by atoms with Crippen LogP contribution in [-0.2, 0) is 0 Å². The minimum Gasteiger partial charge on any atom is -0.463 e. The number of hydrazine groups is 1. The second-order valence-corrected chi connectivity index (χ2v) is 6.79. The fraction of sp³-hybridized carbons (Fsp3) is 0. The number of nitrogens with zero attached hydrogens (tertiary/aromatic N) is 2. The summed E-state index contributed by atoms with van der Waals surface area (Å²) in [7, 11) is 0. The summed E-state index contributed by atoms with van der Waals surface area (Å²) in [6, 6.07) is 18.2. The van der Waals surface area contributed by atoms with Gasteiger partial charge in [0.2, 0.25) is 0 Å². The molecule has 2 aromatic heterocycles. The number of thiocarbonyl (C=S) groups is 1. The number of aromatic nitrogens is 1. The van der Waals surface area contributed by atoms with Gasteiger partial charge in [0.25, 0.3) is 11.6 Å². The summed E-state index contributed by atoms with van der Waals surface area (Å²) in [5.74, 6) is 0.127. The highest BCUT2D eigenvalue weighted by molar-refractivity contribution is 7.80. The predicted molar refractivity (Wildman–Crippen MR) is 119 cm³/mol. The van der Waals surface area contributed by atoms with Gasteiger partial charge in [0.1, 0.15) is 5.69 Å². The molecule has 1 amide bonds. The zero-order valence-electron chi connectivity index (χ0n) is 15.9. The zero-order valence-corrected chi connectivity index (χ0v) is 16.7. The van der Waals surface area contributed by atoms with Crippen LogP contribution in [0.4, 0.5) is 11.4 Å². The molecular formula is C21H15N5O4S. The maximum Gasteiger partial charge on any atom is 0.270 e. The molecule has 10 heteroatoms. The van der Waals surface area contributed by atoms with Crippen molar-refractivity contribution in [2.45, 2.75) is 0 Å². The Morgan fingerprint density at radius 3 is 2.52 bits per heavy atom.